The Morgan fingerprint density at radius 1 is 1.19 bits per heavy atom. The number of benzene rings is 1. The van der Waals surface area contributed by atoms with Gasteiger partial charge in [0.1, 0.15) is 12.3 Å². The molecule has 1 aromatic rings. The van der Waals surface area contributed by atoms with Crippen molar-refractivity contribution >= 4 is 23.4 Å². The number of carbonyl (C=O) groups excluding carboxylic acids is 2. The third kappa shape index (κ3) is 7.94. The molecule has 8 nitrogen and oxygen atoms in total. The van der Waals surface area contributed by atoms with E-state index in [9.17, 15) is 9.59 Å². The van der Waals surface area contributed by atoms with Gasteiger partial charge in [-0.05, 0) is 76.6 Å². The van der Waals surface area contributed by atoms with Gasteiger partial charge < -0.3 is 14.4 Å². The van der Waals surface area contributed by atoms with Gasteiger partial charge in [-0.3, -0.25) is 19.9 Å². The van der Waals surface area contributed by atoms with Gasteiger partial charge in [-0.15, -0.1) is 6.58 Å². The van der Waals surface area contributed by atoms with Crippen molar-refractivity contribution < 1.29 is 19.1 Å². The van der Waals surface area contributed by atoms with Gasteiger partial charge in [-0.1, -0.05) is 44.7 Å². The molecule has 1 aliphatic carbocycles. The van der Waals surface area contributed by atoms with Crippen LogP contribution in [0.15, 0.2) is 30.9 Å². The molecule has 3 aliphatic rings. The van der Waals surface area contributed by atoms with Crippen molar-refractivity contribution in [2.24, 2.45) is 0 Å². The lowest BCUT2D eigenvalue weighted by molar-refractivity contribution is -0.117. The van der Waals surface area contributed by atoms with Crippen LogP contribution in [0.3, 0.4) is 0 Å². The van der Waals surface area contributed by atoms with Crippen LogP contribution in [-0.4, -0.2) is 74.1 Å². The predicted octanol–water partition coefficient (Wildman–Crippen LogP) is 6.59. The second-order valence-corrected chi connectivity index (χ2v) is 12.6. The molecule has 1 saturated heterocycles. The summed E-state index contributed by atoms with van der Waals surface area (Å²) in [6.45, 7) is 14.5. The van der Waals surface area contributed by atoms with E-state index in [1.165, 1.54) is 50.5 Å². The van der Waals surface area contributed by atoms with Gasteiger partial charge in [-0.25, -0.2) is 4.79 Å². The first-order chi connectivity index (χ1) is 20.3. The number of fused-ring (bicyclic) bond motifs is 1. The minimum Gasteiger partial charge on any atom is -0.442 e. The quantitative estimate of drug-likeness (QED) is 0.197. The molecular formula is C34H54N4O4. The van der Waals surface area contributed by atoms with E-state index < -0.39 is 0 Å². The summed E-state index contributed by atoms with van der Waals surface area (Å²) in [5.74, 6) is 0.217. The number of amides is 2. The van der Waals surface area contributed by atoms with Crippen molar-refractivity contribution in [2.75, 3.05) is 36.5 Å². The van der Waals surface area contributed by atoms with Crippen LogP contribution in [-0.2, 0) is 14.3 Å². The molecule has 234 valence electrons. The van der Waals surface area contributed by atoms with Gasteiger partial charge in [0.25, 0.3) is 0 Å². The summed E-state index contributed by atoms with van der Waals surface area (Å²) < 4.78 is 11.6. The highest BCUT2D eigenvalue weighted by atomic mass is 16.6. The van der Waals surface area contributed by atoms with E-state index in [2.05, 4.69) is 42.8 Å². The van der Waals surface area contributed by atoms with E-state index in [1.807, 2.05) is 19.1 Å². The Hall–Kier alpha value is -2.42. The van der Waals surface area contributed by atoms with Crippen molar-refractivity contribution in [2.45, 2.75) is 128 Å². The molecule has 2 fully saturated rings. The van der Waals surface area contributed by atoms with Gasteiger partial charge >= 0.3 is 6.09 Å². The molecule has 5 atom stereocenters. The fraction of sp³-hybridized carbons (Fsp3) is 0.706. The number of carbonyl (C=O) groups is 2. The minimum absolute atomic E-state index is 0.0279. The molecule has 0 bridgehead atoms. The zero-order valence-corrected chi connectivity index (χ0v) is 26.6. The van der Waals surface area contributed by atoms with E-state index in [4.69, 9.17) is 9.47 Å². The van der Waals surface area contributed by atoms with Crippen molar-refractivity contribution in [1.29, 1.82) is 0 Å². The number of hydrogen-bond donors (Lipinski definition) is 1. The number of nitrogens with one attached hydrogen (secondary N) is 1. The first-order valence-electron chi connectivity index (χ1n) is 16.3. The molecule has 1 aromatic carbocycles. The molecule has 4 rings (SSSR count). The molecule has 0 radical (unpaired) electrons. The van der Waals surface area contributed by atoms with Gasteiger partial charge in [0, 0.05) is 45.1 Å². The van der Waals surface area contributed by atoms with Crippen molar-refractivity contribution in [3.63, 3.8) is 0 Å². The van der Waals surface area contributed by atoms with Crippen LogP contribution < -0.4 is 15.1 Å². The number of unbranched alkanes of at least 4 members (excludes halogenated alkanes) is 3. The number of hydrogen-bond acceptors (Lipinski definition) is 6. The maximum atomic E-state index is 13.7. The topological polar surface area (TPSA) is 74.4 Å². The third-order valence-corrected chi connectivity index (χ3v) is 9.26. The van der Waals surface area contributed by atoms with Crippen LogP contribution in [0.5, 0.6) is 0 Å². The summed E-state index contributed by atoms with van der Waals surface area (Å²) in [5, 5.41) is 3.29. The predicted molar refractivity (Wildman–Crippen MR) is 170 cm³/mol. The van der Waals surface area contributed by atoms with E-state index in [0.717, 1.165) is 43.7 Å². The van der Waals surface area contributed by atoms with Gasteiger partial charge in [-0.2, -0.15) is 0 Å². The Morgan fingerprint density at radius 2 is 1.98 bits per heavy atom. The number of nitrogens with zero attached hydrogens (tertiary/aromatic N) is 3. The molecule has 1 saturated carbocycles. The number of allylic oxidation sites excluding steroid dienone is 1. The summed E-state index contributed by atoms with van der Waals surface area (Å²) in [7, 11) is 1.63. The Bertz CT molecular complexity index is 1060. The molecule has 5 unspecified atom stereocenters. The molecule has 1 N–H and O–H groups in total. The summed E-state index contributed by atoms with van der Waals surface area (Å²) in [5.41, 5.74) is 2.67. The molecule has 2 heterocycles. The highest BCUT2D eigenvalue weighted by Gasteiger charge is 2.38. The molecule has 42 heavy (non-hydrogen) atoms. The Balaban J connectivity index is 1.60. The number of piperidine rings is 1. The zero-order chi connectivity index (χ0) is 30.2. The first-order valence-corrected chi connectivity index (χ1v) is 16.3. The van der Waals surface area contributed by atoms with Crippen LogP contribution in [0.1, 0.15) is 103 Å². The second kappa shape index (κ2) is 15.3. The van der Waals surface area contributed by atoms with Crippen LogP contribution >= 0.6 is 0 Å². The molecule has 0 spiro atoms. The summed E-state index contributed by atoms with van der Waals surface area (Å²) in [6, 6.07) is 7.32. The van der Waals surface area contributed by atoms with Crippen LogP contribution in [0.2, 0.25) is 0 Å². The van der Waals surface area contributed by atoms with E-state index in [1.54, 1.807) is 23.8 Å². The van der Waals surface area contributed by atoms with E-state index in [-0.39, 0.29) is 36.3 Å². The van der Waals surface area contributed by atoms with Crippen LogP contribution in [0.25, 0.3) is 0 Å². The SMILES string of the molecule is C=CCC(CN(C(C)CCCCCC)C1CC1)c1ccc2c(c1)N(C(=O)OC1CCCNC1OC)CC(C)N2C(C)=O. The molecular weight excluding hydrogens is 528 g/mol. The lowest BCUT2D eigenvalue weighted by atomic mass is 9.92. The van der Waals surface area contributed by atoms with Crippen LogP contribution in [0.4, 0.5) is 16.2 Å². The minimum atomic E-state index is -0.389. The number of anilines is 2. The molecule has 8 heteroatoms. The van der Waals surface area contributed by atoms with E-state index >= 15 is 0 Å². The van der Waals surface area contributed by atoms with Gasteiger partial charge in [0.15, 0.2) is 0 Å². The van der Waals surface area contributed by atoms with Crippen molar-refractivity contribution in [3.05, 3.63) is 36.4 Å². The molecule has 2 amide bonds. The maximum Gasteiger partial charge on any atom is 0.414 e. The first kappa shape index (κ1) is 32.5. The van der Waals surface area contributed by atoms with E-state index in [0.29, 0.717) is 18.6 Å². The Labute approximate surface area is 253 Å². The molecule has 0 aromatic heterocycles. The highest BCUT2D eigenvalue weighted by Crippen LogP contribution is 2.40. The highest BCUT2D eigenvalue weighted by molar-refractivity contribution is 6.02. The monoisotopic (exact) mass is 582 g/mol. The van der Waals surface area contributed by atoms with Gasteiger partial charge in [0.2, 0.25) is 5.91 Å². The fourth-order valence-electron chi connectivity index (χ4n) is 6.83. The molecule has 2 aliphatic heterocycles. The largest absolute Gasteiger partial charge is 0.442 e. The smallest absolute Gasteiger partial charge is 0.414 e. The van der Waals surface area contributed by atoms with Gasteiger partial charge in [0.05, 0.1) is 17.4 Å². The lowest BCUT2D eigenvalue weighted by Gasteiger charge is -2.41. The number of methoxy groups -OCH3 is 1. The van der Waals surface area contributed by atoms with Crippen molar-refractivity contribution in [3.8, 4) is 0 Å². The number of rotatable bonds is 14. The summed E-state index contributed by atoms with van der Waals surface area (Å²) in [4.78, 5) is 32.7. The summed E-state index contributed by atoms with van der Waals surface area (Å²) in [6.07, 6.45) is 12.4. The summed E-state index contributed by atoms with van der Waals surface area (Å²) >= 11 is 0. The number of ether oxygens (including phenoxy) is 2. The zero-order valence-electron chi connectivity index (χ0n) is 26.6. The van der Waals surface area contributed by atoms with Crippen LogP contribution in [0, 0.1) is 0 Å². The maximum absolute atomic E-state index is 13.7. The Morgan fingerprint density at radius 3 is 2.64 bits per heavy atom. The average Bonchev–Trinajstić information content (AvgIpc) is 3.82. The normalized spacial score (nSPS) is 23.8. The third-order valence-electron chi connectivity index (χ3n) is 9.26. The Kier molecular flexibility index (Phi) is 11.9. The second-order valence-electron chi connectivity index (χ2n) is 12.6. The van der Waals surface area contributed by atoms with Crippen molar-refractivity contribution in [1.82, 2.24) is 10.2 Å². The lowest BCUT2D eigenvalue weighted by Crippen LogP contribution is -2.54. The fourth-order valence-corrected chi connectivity index (χ4v) is 6.83. The standard InChI is InChI=1S/C34H54N4O4/c1-7-9-10-11-14-24(3)36(29-17-18-29)23-28(13-8-2)27-16-19-30-31(21-27)37(22-25(4)38(30)26(5)39)34(40)42-32-15-12-20-35-33(32)41-6/h8,16,19,21,24-25,28-29,32-33,35H,2,7,9-15,17-18,20,22-23H2,1,3-6H3. The average molecular weight is 583 g/mol.